The van der Waals surface area contributed by atoms with Gasteiger partial charge in [0.25, 0.3) is 0 Å². The number of carbonyl (C=O) groups excluding carboxylic acids is 1. The molecule has 2 aromatic carbocycles. The highest BCUT2D eigenvalue weighted by molar-refractivity contribution is 5.73. The summed E-state index contributed by atoms with van der Waals surface area (Å²) in [6.45, 7) is 5.48. The van der Waals surface area contributed by atoms with Gasteiger partial charge in [0.1, 0.15) is 18.1 Å². The molecule has 1 saturated heterocycles. The molecule has 0 amide bonds. The van der Waals surface area contributed by atoms with Crippen molar-refractivity contribution in [1.82, 2.24) is 4.90 Å². The largest absolute Gasteiger partial charge is 0.518 e. The quantitative estimate of drug-likeness (QED) is 0.491. The number of nitrogens with zero attached hydrogens (tertiary/aromatic N) is 1. The zero-order valence-electron chi connectivity index (χ0n) is 19.3. The molecule has 2 aliphatic heterocycles. The molecule has 0 saturated carbocycles. The minimum absolute atomic E-state index is 0.469. The van der Waals surface area contributed by atoms with E-state index < -0.39 is 12.1 Å². The number of fused-ring (bicyclic) bond motifs is 1. The average molecular weight is 448 g/mol. The van der Waals surface area contributed by atoms with Crippen LogP contribution < -0.4 is 9.47 Å². The summed E-state index contributed by atoms with van der Waals surface area (Å²) in [5.41, 5.74) is 7.45. The van der Waals surface area contributed by atoms with E-state index in [9.17, 15) is 4.79 Å². The summed E-state index contributed by atoms with van der Waals surface area (Å²) < 4.78 is 22.0. The molecule has 0 radical (unpaired) electrons. The van der Waals surface area contributed by atoms with E-state index >= 15 is 0 Å². The highest BCUT2D eigenvalue weighted by atomic mass is 16.9. The van der Waals surface area contributed by atoms with Gasteiger partial charge in [-0.3, -0.25) is 4.90 Å². The third kappa shape index (κ3) is 3.94. The van der Waals surface area contributed by atoms with Crippen LogP contribution in [0.25, 0.3) is 5.57 Å². The summed E-state index contributed by atoms with van der Waals surface area (Å²) in [7, 11) is 1.71. The molecule has 0 unspecified atom stereocenters. The predicted octanol–water partition coefficient (Wildman–Crippen LogP) is 5.60. The van der Waals surface area contributed by atoms with E-state index in [4.69, 9.17) is 18.9 Å². The standard InChI is InChI=1S/C27H29NO5/c1-4-5-19-6-7-22(25(14-19)30-3)17-31-23-10-11-24-18(2)21(9-8-20(24)15-23)16-28-13-12-27(28)32-26(29)33-27/h6-7,10-15H,4-5,8-9,16-17H2,1-3H3. The summed E-state index contributed by atoms with van der Waals surface area (Å²) in [4.78, 5) is 13.0. The molecule has 1 aliphatic carbocycles. The van der Waals surface area contributed by atoms with E-state index in [0.29, 0.717) is 13.2 Å². The number of ether oxygens (including phenoxy) is 4. The number of methoxy groups -OCH3 is 1. The fourth-order valence-corrected chi connectivity index (χ4v) is 4.71. The van der Waals surface area contributed by atoms with Gasteiger partial charge in [-0.2, -0.15) is 0 Å². The Morgan fingerprint density at radius 3 is 2.67 bits per heavy atom. The Morgan fingerprint density at radius 2 is 1.97 bits per heavy atom. The van der Waals surface area contributed by atoms with E-state index in [2.05, 4.69) is 44.2 Å². The van der Waals surface area contributed by atoms with Gasteiger partial charge in [0, 0.05) is 24.4 Å². The Morgan fingerprint density at radius 1 is 1.12 bits per heavy atom. The molecule has 1 spiro atoms. The molecule has 0 N–H and O–H groups in total. The summed E-state index contributed by atoms with van der Waals surface area (Å²) in [6.07, 6.45) is 7.10. The normalized spacial score (nSPS) is 17.7. The van der Waals surface area contributed by atoms with Crippen LogP contribution in [0.2, 0.25) is 0 Å². The van der Waals surface area contributed by atoms with Crippen LogP contribution in [0.1, 0.15) is 48.9 Å². The second-order valence-corrected chi connectivity index (χ2v) is 8.76. The third-order valence-corrected chi connectivity index (χ3v) is 6.68. The molecule has 0 bridgehead atoms. The highest BCUT2D eigenvalue weighted by Crippen LogP contribution is 2.40. The van der Waals surface area contributed by atoms with Crippen molar-refractivity contribution in [3.63, 3.8) is 0 Å². The zero-order valence-corrected chi connectivity index (χ0v) is 19.3. The Kier molecular flexibility index (Phi) is 5.52. The Hall–Kier alpha value is -3.41. The van der Waals surface area contributed by atoms with Gasteiger partial charge in [0.15, 0.2) is 0 Å². The molecule has 0 atom stereocenters. The average Bonchev–Trinajstić information content (AvgIpc) is 2.80. The number of hydrogen-bond acceptors (Lipinski definition) is 6. The number of allylic oxidation sites excluding steroid dienone is 1. The Labute approximate surface area is 194 Å². The summed E-state index contributed by atoms with van der Waals surface area (Å²) in [5.74, 6) is 0.767. The van der Waals surface area contributed by atoms with Crippen molar-refractivity contribution in [2.24, 2.45) is 0 Å². The summed E-state index contributed by atoms with van der Waals surface area (Å²) in [6, 6.07) is 12.7. The van der Waals surface area contributed by atoms with Crippen LogP contribution in [0.3, 0.4) is 0 Å². The third-order valence-electron chi connectivity index (χ3n) is 6.68. The first kappa shape index (κ1) is 21.4. The van der Waals surface area contributed by atoms with Crippen molar-refractivity contribution >= 4 is 11.7 Å². The lowest BCUT2D eigenvalue weighted by Crippen LogP contribution is -2.64. The second-order valence-electron chi connectivity index (χ2n) is 8.76. The van der Waals surface area contributed by atoms with Gasteiger partial charge in [-0.1, -0.05) is 31.5 Å². The van der Waals surface area contributed by atoms with Gasteiger partial charge in [-0.15, -0.1) is 0 Å². The number of rotatable bonds is 8. The van der Waals surface area contributed by atoms with Crippen LogP contribution in [-0.4, -0.2) is 30.6 Å². The maximum absolute atomic E-state index is 11.1. The Bertz CT molecular complexity index is 1140. The lowest BCUT2D eigenvalue weighted by atomic mass is 9.85. The van der Waals surface area contributed by atoms with Gasteiger partial charge in [0.05, 0.1) is 7.11 Å². The van der Waals surface area contributed by atoms with Crippen LogP contribution in [0.5, 0.6) is 11.5 Å². The molecule has 33 heavy (non-hydrogen) atoms. The topological polar surface area (TPSA) is 57.2 Å². The van der Waals surface area contributed by atoms with Crippen molar-refractivity contribution in [1.29, 1.82) is 0 Å². The molecule has 1 fully saturated rings. The minimum Gasteiger partial charge on any atom is -0.496 e. The zero-order chi connectivity index (χ0) is 23.0. The molecular formula is C27H29NO5. The SMILES string of the molecule is CCCc1ccc(COc2ccc3c(c2)CCC(CN2C=CC24OC(=O)O4)=C3C)c(OC)c1. The number of aryl methyl sites for hydroxylation is 2. The molecule has 2 aromatic rings. The summed E-state index contributed by atoms with van der Waals surface area (Å²) in [5, 5.41) is 0. The first-order valence-corrected chi connectivity index (χ1v) is 11.5. The molecule has 2 heterocycles. The van der Waals surface area contributed by atoms with Crippen LogP contribution in [0, 0.1) is 0 Å². The van der Waals surface area contributed by atoms with Gasteiger partial charge in [-0.05, 0) is 72.2 Å². The first-order valence-electron chi connectivity index (χ1n) is 11.5. The van der Waals surface area contributed by atoms with Crippen LogP contribution in [-0.2, 0) is 28.9 Å². The maximum Gasteiger partial charge on any atom is 0.518 e. The fourth-order valence-electron chi connectivity index (χ4n) is 4.71. The lowest BCUT2D eigenvalue weighted by Gasteiger charge is -2.49. The van der Waals surface area contributed by atoms with E-state index in [1.54, 1.807) is 13.2 Å². The monoisotopic (exact) mass is 447 g/mol. The van der Waals surface area contributed by atoms with Crippen LogP contribution in [0.4, 0.5) is 4.79 Å². The number of carbonyl (C=O) groups is 1. The van der Waals surface area contributed by atoms with E-state index in [-0.39, 0.29) is 0 Å². The van der Waals surface area contributed by atoms with Crippen molar-refractivity contribution in [2.45, 2.75) is 52.0 Å². The van der Waals surface area contributed by atoms with Gasteiger partial charge in [-0.25, -0.2) is 4.79 Å². The molecule has 0 aromatic heterocycles. The van der Waals surface area contributed by atoms with Crippen molar-refractivity contribution in [2.75, 3.05) is 13.7 Å². The minimum atomic E-state index is -0.974. The molecule has 6 heteroatoms. The highest BCUT2D eigenvalue weighted by Gasteiger charge is 2.56. The van der Waals surface area contributed by atoms with Crippen LogP contribution in [0.15, 0.2) is 54.2 Å². The molecular weight excluding hydrogens is 418 g/mol. The summed E-state index contributed by atoms with van der Waals surface area (Å²) >= 11 is 0. The van der Waals surface area contributed by atoms with Crippen molar-refractivity contribution < 1.29 is 23.7 Å². The predicted molar refractivity (Wildman–Crippen MR) is 125 cm³/mol. The number of hydrogen-bond donors (Lipinski definition) is 0. The molecule has 5 rings (SSSR count). The smallest absolute Gasteiger partial charge is 0.496 e. The van der Waals surface area contributed by atoms with Gasteiger partial charge in [0.2, 0.25) is 0 Å². The van der Waals surface area contributed by atoms with E-state index in [1.165, 1.54) is 27.8 Å². The van der Waals surface area contributed by atoms with Gasteiger partial charge < -0.3 is 18.9 Å². The van der Waals surface area contributed by atoms with Crippen molar-refractivity contribution in [3.05, 3.63) is 76.5 Å². The maximum atomic E-state index is 11.1. The second kappa shape index (κ2) is 8.50. The van der Waals surface area contributed by atoms with Crippen LogP contribution >= 0.6 is 0 Å². The molecule has 172 valence electrons. The van der Waals surface area contributed by atoms with E-state index in [1.807, 2.05) is 17.2 Å². The first-order chi connectivity index (χ1) is 16.0. The fraction of sp³-hybridized carbons (Fsp3) is 0.370. The lowest BCUT2D eigenvalue weighted by molar-refractivity contribution is -0.318. The molecule has 6 nitrogen and oxygen atoms in total. The Balaban J connectivity index is 1.26. The number of benzene rings is 2. The molecule has 3 aliphatic rings. The van der Waals surface area contributed by atoms with Crippen molar-refractivity contribution in [3.8, 4) is 11.5 Å². The van der Waals surface area contributed by atoms with E-state index in [0.717, 1.165) is 42.7 Å². The van der Waals surface area contributed by atoms with Gasteiger partial charge >= 0.3 is 12.1 Å².